The van der Waals surface area contributed by atoms with Gasteiger partial charge in [0.1, 0.15) is 5.60 Å². The summed E-state index contributed by atoms with van der Waals surface area (Å²) < 4.78 is 94.2. The largest absolute Gasteiger partial charge is 0.460 e. The SMILES string of the molecule is Cc1ccc(S(=O)(=O)OCCOCCOCCOCCOCCOCCOCCOCCOCCOCCOCCOCCC(=O)OC(C)(C)C)cc1. The highest BCUT2D eigenvalue weighted by atomic mass is 32.2. The van der Waals surface area contributed by atoms with Gasteiger partial charge in [0, 0.05) is 0 Å². The zero-order valence-corrected chi connectivity index (χ0v) is 33.0. The molecule has 1 aromatic rings. The van der Waals surface area contributed by atoms with Gasteiger partial charge in [0.05, 0.1) is 163 Å². The molecule has 17 heteroatoms. The van der Waals surface area contributed by atoms with Gasteiger partial charge >= 0.3 is 5.97 Å². The predicted molar refractivity (Wildman–Crippen MR) is 194 cm³/mol. The lowest BCUT2D eigenvalue weighted by Gasteiger charge is -2.19. The summed E-state index contributed by atoms with van der Waals surface area (Å²) in [7, 11) is -3.78. The maximum Gasteiger partial charge on any atom is 0.308 e. The molecule has 0 amide bonds. The third kappa shape index (κ3) is 33.2. The van der Waals surface area contributed by atoms with Gasteiger partial charge in [-0.25, -0.2) is 0 Å². The first-order chi connectivity index (χ1) is 25.6. The fraction of sp³-hybridized carbons (Fsp3) is 0.806. The first-order valence-corrected chi connectivity index (χ1v) is 19.5. The van der Waals surface area contributed by atoms with Crippen molar-refractivity contribution in [3.8, 4) is 0 Å². The zero-order valence-electron chi connectivity index (χ0n) is 32.2. The van der Waals surface area contributed by atoms with Crippen LogP contribution in [0.15, 0.2) is 29.2 Å². The van der Waals surface area contributed by atoms with Crippen molar-refractivity contribution in [2.24, 2.45) is 0 Å². The number of benzene rings is 1. The van der Waals surface area contributed by atoms with E-state index in [1.54, 1.807) is 12.1 Å². The summed E-state index contributed by atoms with van der Waals surface area (Å²) in [5, 5.41) is 0. The Bertz CT molecular complexity index is 1080. The number of rotatable bonds is 38. The van der Waals surface area contributed by atoms with Crippen LogP contribution in [0.5, 0.6) is 0 Å². The Morgan fingerprint density at radius 1 is 0.453 bits per heavy atom. The van der Waals surface area contributed by atoms with Crippen molar-refractivity contribution in [3.05, 3.63) is 29.8 Å². The van der Waals surface area contributed by atoms with Gasteiger partial charge in [-0.3, -0.25) is 8.98 Å². The summed E-state index contributed by atoms with van der Waals surface area (Å²) in [6.45, 7) is 16.7. The predicted octanol–water partition coefficient (Wildman–Crippen LogP) is 2.61. The Hall–Kier alpha value is -1.84. The molecule has 0 fully saturated rings. The van der Waals surface area contributed by atoms with Gasteiger partial charge in [-0.1, -0.05) is 17.7 Å². The number of aryl methyl sites for hydroxylation is 1. The minimum absolute atomic E-state index is 0.0647. The van der Waals surface area contributed by atoms with E-state index in [9.17, 15) is 13.2 Å². The summed E-state index contributed by atoms with van der Waals surface area (Å²) in [4.78, 5) is 11.7. The van der Waals surface area contributed by atoms with Gasteiger partial charge in [-0.15, -0.1) is 0 Å². The molecule has 0 heterocycles. The maximum atomic E-state index is 12.1. The van der Waals surface area contributed by atoms with E-state index >= 15 is 0 Å². The number of carbonyl (C=O) groups excluding carboxylic acids is 1. The molecule has 0 saturated carbocycles. The van der Waals surface area contributed by atoms with E-state index in [0.717, 1.165) is 5.56 Å². The minimum Gasteiger partial charge on any atom is -0.460 e. The standard InChI is InChI=1S/C36H64O16S/c1-33-5-7-34(8-6-33)53(38,39)51-32-31-50-30-29-49-28-27-48-26-25-47-24-23-46-22-21-45-20-19-44-18-17-43-16-15-42-14-13-41-12-11-40-10-9-35(37)52-36(2,3)4/h5-8H,9-32H2,1-4H3. The monoisotopic (exact) mass is 784 g/mol. The van der Waals surface area contributed by atoms with Crippen LogP contribution >= 0.6 is 0 Å². The zero-order chi connectivity index (χ0) is 38.7. The van der Waals surface area contributed by atoms with Crippen LogP contribution in [0, 0.1) is 6.92 Å². The lowest BCUT2D eigenvalue weighted by molar-refractivity contribution is -0.156. The van der Waals surface area contributed by atoms with E-state index < -0.39 is 15.7 Å². The topological polar surface area (TPSA) is 171 Å². The third-order valence-corrected chi connectivity index (χ3v) is 7.69. The van der Waals surface area contributed by atoms with Gasteiger partial charge in [0.2, 0.25) is 0 Å². The molecule has 0 aliphatic carbocycles. The first-order valence-electron chi connectivity index (χ1n) is 18.1. The molecule has 0 aromatic heterocycles. The highest BCUT2D eigenvalue weighted by molar-refractivity contribution is 7.86. The summed E-state index contributed by atoms with van der Waals surface area (Å²) >= 11 is 0. The smallest absolute Gasteiger partial charge is 0.308 e. The summed E-state index contributed by atoms with van der Waals surface area (Å²) in [6, 6.07) is 6.47. The molecule has 0 bridgehead atoms. The lowest BCUT2D eigenvalue weighted by atomic mass is 10.2. The Morgan fingerprint density at radius 2 is 0.717 bits per heavy atom. The molecule has 1 aromatic carbocycles. The van der Waals surface area contributed by atoms with Crippen molar-refractivity contribution in [3.63, 3.8) is 0 Å². The number of esters is 1. The molecule has 310 valence electrons. The summed E-state index contributed by atoms with van der Waals surface area (Å²) in [5.41, 5.74) is 0.490. The molecule has 0 N–H and O–H groups in total. The molecule has 53 heavy (non-hydrogen) atoms. The van der Waals surface area contributed by atoms with Gasteiger partial charge < -0.3 is 56.8 Å². The highest BCUT2D eigenvalue weighted by Gasteiger charge is 2.16. The summed E-state index contributed by atoms with van der Waals surface area (Å²) in [6.07, 6.45) is 0.224. The molecule has 0 atom stereocenters. The summed E-state index contributed by atoms with van der Waals surface area (Å²) in [5.74, 6) is -0.272. The van der Waals surface area contributed by atoms with Gasteiger partial charge in [-0.2, -0.15) is 8.42 Å². The van der Waals surface area contributed by atoms with Gasteiger partial charge in [-0.05, 0) is 39.8 Å². The molecular weight excluding hydrogens is 720 g/mol. The molecule has 16 nitrogen and oxygen atoms in total. The maximum absolute atomic E-state index is 12.1. The Kier molecular flexibility index (Phi) is 31.1. The minimum atomic E-state index is -3.78. The molecule has 0 unspecified atom stereocenters. The van der Waals surface area contributed by atoms with Crippen molar-refractivity contribution in [1.82, 2.24) is 0 Å². The number of ether oxygens (including phenoxy) is 12. The van der Waals surface area contributed by atoms with Crippen LogP contribution in [0.25, 0.3) is 0 Å². The van der Waals surface area contributed by atoms with E-state index in [1.165, 1.54) is 12.1 Å². The first kappa shape index (κ1) is 49.2. The Labute approximate surface area is 316 Å². The van der Waals surface area contributed by atoms with Crippen molar-refractivity contribution in [2.45, 2.75) is 44.6 Å². The normalized spacial score (nSPS) is 12.1. The molecule has 0 aliphatic heterocycles. The fourth-order valence-corrected chi connectivity index (χ4v) is 4.72. The van der Waals surface area contributed by atoms with Crippen LogP contribution in [-0.2, 0) is 75.9 Å². The molecule has 0 spiro atoms. The molecular formula is C36H64O16S. The number of hydrogen-bond acceptors (Lipinski definition) is 16. The van der Waals surface area contributed by atoms with Crippen LogP contribution < -0.4 is 0 Å². The van der Waals surface area contributed by atoms with Crippen LogP contribution in [0.1, 0.15) is 32.8 Å². The number of carbonyl (C=O) groups is 1. The number of hydrogen-bond donors (Lipinski definition) is 0. The average Bonchev–Trinajstić information content (AvgIpc) is 3.11. The second-order valence-corrected chi connectivity index (χ2v) is 13.8. The van der Waals surface area contributed by atoms with Crippen molar-refractivity contribution in [2.75, 3.05) is 152 Å². The van der Waals surface area contributed by atoms with Crippen molar-refractivity contribution >= 4 is 16.1 Å². The van der Waals surface area contributed by atoms with Gasteiger partial charge in [0.25, 0.3) is 10.1 Å². The average molecular weight is 785 g/mol. The Morgan fingerprint density at radius 3 is 1.00 bits per heavy atom. The Balaban J connectivity index is 1.67. The van der Waals surface area contributed by atoms with Crippen LogP contribution in [0.2, 0.25) is 0 Å². The van der Waals surface area contributed by atoms with E-state index in [2.05, 4.69) is 0 Å². The van der Waals surface area contributed by atoms with E-state index in [4.69, 9.17) is 61.0 Å². The van der Waals surface area contributed by atoms with Crippen molar-refractivity contribution in [1.29, 1.82) is 0 Å². The fourth-order valence-electron chi connectivity index (χ4n) is 3.82. The second-order valence-electron chi connectivity index (χ2n) is 12.2. The van der Waals surface area contributed by atoms with Crippen molar-refractivity contribution < 1.29 is 74.2 Å². The van der Waals surface area contributed by atoms with Crippen LogP contribution in [0.3, 0.4) is 0 Å². The molecule has 0 aliphatic rings. The third-order valence-electron chi connectivity index (χ3n) is 6.37. The quantitative estimate of drug-likeness (QED) is 0.0544. The van der Waals surface area contributed by atoms with Crippen LogP contribution in [0.4, 0.5) is 0 Å². The lowest BCUT2D eigenvalue weighted by Crippen LogP contribution is -2.24. The van der Waals surface area contributed by atoms with E-state index in [0.29, 0.717) is 139 Å². The van der Waals surface area contributed by atoms with E-state index in [-0.39, 0.29) is 30.5 Å². The molecule has 1 rings (SSSR count). The molecule has 0 radical (unpaired) electrons. The van der Waals surface area contributed by atoms with Gasteiger partial charge in [0.15, 0.2) is 0 Å². The molecule has 0 saturated heterocycles. The van der Waals surface area contributed by atoms with Crippen LogP contribution in [-0.4, -0.2) is 172 Å². The second kappa shape index (κ2) is 33.5. The highest BCUT2D eigenvalue weighted by Crippen LogP contribution is 2.13. The van der Waals surface area contributed by atoms with E-state index in [1.807, 2.05) is 27.7 Å².